The zero-order valence-corrected chi connectivity index (χ0v) is 10.4. The van der Waals surface area contributed by atoms with Gasteiger partial charge in [0.25, 0.3) is 0 Å². The standard InChI is InChI=1S/C10H12ClN3OS/c1-15-7-4-2-3-6(7)13-10-14-9(11)8(5-12)16-10/h6-7H,2-4H2,1H3,(H,13,14). The zero-order valence-electron chi connectivity index (χ0n) is 8.86. The van der Waals surface area contributed by atoms with E-state index in [9.17, 15) is 0 Å². The molecular formula is C10H12ClN3OS. The van der Waals surface area contributed by atoms with Gasteiger partial charge in [-0.2, -0.15) is 5.26 Å². The molecule has 0 spiro atoms. The Morgan fingerprint density at radius 1 is 1.62 bits per heavy atom. The fourth-order valence-corrected chi connectivity index (χ4v) is 2.97. The summed E-state index contributed by atoms with van der Waals surface area (Å²) in [5, 5.41) is 13.0. The number of rotatable bonds is 3. The summed E-state index contributed by atoms with van der Waals surface area (Å²) in [5.41, 5.74) is 0. The van der Waals surface area contributed by atoms with Crippen LogP contribution in [0.4, 0.5) is 5.13 Å². The second kappa shape index (κ2) is 5.00. The molecule has 1 aliphatic carbocycles. The summed E-state index contributed by atoms with van der Waals surface area (Å²) in [7, 11) is 1.72. The van der Waals surface area contributed by atoms with Crippen molar-refractivity contribution in [3.05, 3.63) is 10.0 Å². The van der Waals surface area contributed by atoms with E-state index < -0.39 is 0 Å². The number of thiazole rings is 1. The smallest absolute Gasteiger partial charge is 0.185 e. The summed E-state index contributed by atoms with van der Waals surface area (Å²) in [5.74, 6) is 0. The Labute approximate surface area is 103 Å². The number of methoxy groups -OCH3 is 1. The molecule has 2 rings (SSSR count). The zero-order chi connectivity index (χ0) is 11.5. The van der Waals surface area contributed by atoms with Crippen molar-refractivity contribution < 1.29 is 4.74 Å². The summed E-state index contributed by atoms with van der Waals surface area (Å²) in [6.07, 6.45) is 3.52. The van der Waals surface area contributed by atoms with E-state index in [-0.39, 0.29) is 17.3 Å². The summed E-state index contributed by atoms with van der Waals surface area (Å²) in [6.45, 7) is 0. The quantitative estimate of drug-likeness (QED) is 0.904. The molecule has 86 valence electrons. The first kappa shape index (κ1) is 11.6. The van der Waals surface area contributed by atoms with Gasteiger partial charge in [-0.1, -0.05) is 22.9 Å². The van der Waals surface area contributed by atoms with Gasteiger partial charge in [0.05, 0.1) is 12.1 Å². The van der Waals surface area contributed by atoms with Crippen LogP contribution < -0.4 is 5.32 Å². The van der Waals surface area contributed by atoms with Gasteiger partial charge in [-0.3, -0.25) is 0 Å². The lowest BCUT2D eigenvalue weighted by molar-refractivity contribution is 0.101. The van der Waals surface area contributed by atoms with Crippen molar-refractivity contribution in [3.63, 3.8) is 0 Å². The van der Waals surface area contributed by atoms with Gasteiger partial charge in [-0.25, -0.2) is 4.98 Å². The monoisotopic (exact) mass is 257 g/mol. The molecule has 6 heteroatoms. The molecule has 0 aromatic carbocycles. The van der Waals surface area contributed by atoms with Gasteiger partial charge < -0.3 is 10.1 Å². The molecule has 1 saturated carbocycles. The first-order valence-corrected chi connectivity index (χ1v) is 6.29. The Kier molecular flexibility index (Phi) is 3.64. The van der Waals surface area contributed by atoms with Crippen molar-refractivity contribution in [2.24, 2.45) is 0 Å². The summed E-state index contributed by atoms with van der Waals surface area (Å²) in [6, 6.07) is 2.30. The van der Waals surface area contributed by atoms with E-state index in [1.54, 1.807) is 7.11 Å². The summed E-state index contributed by atoms with van der Waals surface area (Å²) in [4.78, 5) is 4.56. The summed E-state index contributed by atoms with van der Waals surface area (Å²) >= 11 is 7.09. The largest absolute Gasteiger partial charge is 0.379 e. The molecule has 1 aliphatic rings. The summed E-state index contributed by atoms with van der Waals surface area (Å²) < 4.78 is 5.38. The molecule has 4 nitrogen and oxygen atoms in total. The average molecular weight is 258 g/mol. The molecule has 2 unspecified atom stereocenters. The maximum Gasteiger partial charge on any atom is 0.185 e. The lowest BCUT2D eigenvalue weighted by atomic mass is 10.2. The van der Waals surface area contributed by atoms with E-state index >= 15 is 0 Å². The fourth-order valence-electron chi connectivity index (χ4n) is 1.96. The van der Waals surface area contributed by atoms with Gasteiger partial charge in [0.2, 0.25) is 0 Å². The van der Waals surface area contributed by atoms with Crippen molar-refractivity contribution in [3.8, 4) is 6.07 Å². The maximum absolute atomic E-state index is 8.77. The molecule has 0 amide bonds. The number of ether oxygens (including phenoxy) is 1. The number of nitriles is 1. The van der Waals surface area contributed by atoms with E-state index in [0.29, 0.717) is 10.0 Å². The Bertz CT molecular complexity index is 415. The fraction of sp³-hybridized carbons (Fsp3) is 0.600. The van der Waals surface area contributed by atoms with Gasteiger partial charge in [0.1, 0.15) is 10.9 Å². The van der Waals surface area contributed by atoms with Gasteiger partial charge in [-0.15, -0.1) is 0 Å². The highest BCUT2D eigenvalue weighted by atomic mass is 35.5. The lowest BCUT2D eigenvalue weighted by Gasteiger charge is -2.18. The van der Waals surface area contributed by atoms with Crippen LogP contribution in [0.5, 0.6) is 0 Å². The highest BCUT2D eigenvalue weighted by Crippen LogP contribution is 2.30. The van der Waals surface area contributed by atoms with Gasteiger partial charge in [-0.05, 0) is 19.3 Å². The molecule has 1 aromatic rings. The normalized spacial score (nSPS) is 24.3. The molecule has 1 N–H and O–H groups in total. The molecule has 1 heterocycles. The highest BCUT2D eigenvalue weighted by molar-refractivity contribution is 7.16. The predicted octanol–water partition coefficient (Wildman–Crippen LogP) is 2.65. The third kappa shape index (κ3) is 2.29. The molecule has 0 radical (unpaired) electrons. The van der Waals surface area contributed by atoms with E-state index in [2.05, 4.69) is 10.3 Å². The number of halogens is 1. The average Bonchev–Trinajstić information content (AvgIpc) is 2.85. The number of hydrogen-bond donors (Lipinski definition) is 1. The second-order valence-corrected chi connectivity index (χ2v) is 5.06. The van der Waals surface area contributed by atoms with Crippen molar-refractivity contribution in [2.45, 2.75) is 31.4 Å². The molecule has 1 fully saturated rings. The number of aromatic nitrogens is 1. The minimum Gasteiger partial charge on any atom is -0.379 e. The van der Waals surface area contributed by atoms with E-state index in [1.165, 1.54) is 11.3 Å². The number of anilines is 1. The van der Waals surface area contributed by atoms with Crippen LogP contribution in [0.3, 0.4) is 0 Å². The second-order valence-electron chi connectivity index (χ2n) is 3.71. The lowest BCUT2D eigenvalue weighted by Crippen LogP contribution is -2.29. The third-order valence-electron chi connectivity index (χ3n) is 2.75. The first-order valence-electron chi connectivity index (χ1n) is 5.10. The van der Waals surface area contributed by atoms with Crippen molar-refractivity contribution >= 4 is 28.1 Å². The minimum absolute atomic E-state index is 0.230. The van der Waals surface area contributed by atoms with Crippen molar-refractivity contribution in [1.82, 2.24) is 4.98 Å². The van der Waals surface area contributed by atoms with E-state index in [1.807, 2.05) is 6.07 Å². The van der Waals surface area contributed by atoms with Crippen molar-refractivity contribution in [1.29, 1.82) is 5.26 Å². The van der Waals surface area contributed by atoms with E-state index in [0.717, 1.165) is 19.3 Å². The molecule has 0 bridgehead atoms. The molecule has 16 heavy (non-hydrogen) atoms. The van der Waals surface area contributed by atoms with Crippen LogP contribution in [-0.2, 0) is 4.74 Å². The first-order chi connectivity index (χ1) is 7.74. The maximum atomic E-state index is 8.77. The number of nitrogens with one attached hydrogen (secondary N) is 1. The van der Waals surface area contributed by atoms with Gasteiger partial charge in [0.15, 0.2) is 10.3 Å². The van der Waals surface area contributed by atoms with Crippen LogP contribution in [0.2, 0.25) is 5.15 Å². The molecule has 1 aromatic heterocycles. The third-order valence-corrected chi connectivity index (χ3v) is 4.03. The van der Waals surface area contributed by atoms with Crippen LogP contribution in [-0.4, -0.2) is 24.2 Å². The van der Waals surface area contributed by atoms with Crippen LogP contribution in [0.1, 0.15) is 24.1 Å². The van der Waals surface area contributed by atoms with Crippen LogP contribution in [0.25, 0.3) is 0 Å². The molecule has 0 saturated heterocycles. The topological polar surface area (TPSA) is 57.9 Å². The van der Waals surface area contributed by atoms with Crippen molar-refractivity contribution in [2.75, 3.05) is 12.4 Å². The Balaban J connectivity index is 2.06. The van der Waals surface area contributed by atoms with Crippen LogP contribution in [0.15, 0.2) is 0 Å². The van der Waals surface area contributed by atoms with E-state index in [4.69, 9.17) is 21.6 Å². The van der Waals surface area contributed by atoms with Gasteiger partial charge in [0, 0.05) is 7.11 Å². The molecule has 0 aliphatic heterocycles. The molecule has 2 atom stereocenters. The molecular weight excluding hydrogens is 246 g/mol. The highest BCUT2D eigenvalue weighted by Gasteiger charge is 2.27. The van der Waals surface area contributed by atoms with Crippen LogP contribution in [0, 0.1) is 11.3 Å². The Hall–Kier alpha value is -0.830. The van der Waals surface area contributed by atoms with Gasteiger partial charge >= 0.3 is 0 Å². The number of nitrogens with zero attached hydrogens (tertiary/aromatic N) is 2. The predicted molar refractivity (Wildman–Crippen MR) is 63.9 cm³/mol. The van der Waals surface area contributed by atoms with Crippen LogP contribution >= 0.6 is 22.9 Å². The number of hydrogen-bond acceptors (Lipinski definition) is 5. The Morgan fingerprint density at radius 3 is 3.06 bits per heavy atom. The Morgan fingerprint density at radius 2 is 2.44 bits per heavy atom. The minimum atomic E-state index is 0.230. The SMILES string of the molecule is COC1CCCC1Nc1nc(Cl)c(C#N)s1.